The van der Waals surface area contributed by atoms with Crippen LogP contribution in [-0.4, -0.2) is 18.2 Å². The number of hydrogen-bond acceptors (Lipinski definition) is 3. The second-order valence-electron chi connectivity index (χ2n) is 5.07. The van der Waals surface area contributed by atoms with Crippen LogP contribution in [0.5, 0.6) is 0 Å². The molecule has 1 heterocycles. The van der Waals surface area contributed by atoms with Gasteiger partial charge in [-0.05, 0) is 58.0 Å². The maximum absolute atomic E-state index is 12.1. The van der Waals surface area contributed by atoms with Crippen molar-refractivity contribution in [2.45, 2.75) is 47.1 Å². The fraction of sp³-hybridized carbons (Fsp3) is 0.615. The minimum atomic E-state index is -0.454. The van der Waals surface area contributed by atoms with Gasteiger partial charge in [0.25, 0.3) is 0 Å². The van der Waals surface area contributed by atoms with Crippen molar-refractivity contribution in [3.63, 3.8) is 0 Å². The number of carbonyl (C=O) groups excluding carboxylic acids is 1. The molecule has 0 N–H and O–H groups in total. The van der Waals surface area contributed by atoms with Gasteiger partial charge in [-0.15, -0.1) is 11.3 Å². The number of nitrogens with zero attached hydrogens (tertiary/aromatic N) is 1. The lowest BCUT2D eigenvalue weighted by atomic mass is 10.2. The number of rotatable bonds is 2. The molecule has 17 heavy (non-hydrogen) atoms. The number of hydrogen-bond donors (Lipinski definition) is 0. The Labute approximate surface area is 107 Å². The average Bonchev–Trinajstić information content (AvgIpc) is 2.48. The topological polar surface area (TPSA) is 29.5 Å². The van der Waals surface area contributed by atoms with Gasteiger partial charge in [-0.1, -0.05) is 0 Å². The highest BCUT2D eigenvalue weighted by Gasteiger charge is 2.24. The first-order valence-electron chi connectivity index (χ1n) is 5.81. The molecule has 0 aliphatic heterocycles. The molecular weight excluding hydrogens is 234 g/mol. The van der Waals surface area contributed by atoms with Gasteiger partial charge < -0.3 is 4.74 Å². The summed E-state index contributed by atoms with van der Waals surface area (Å²) in [4.78, 5) is 13.8. The number of amides is 1. The lowest BCUT2D eigenvalue weighted by molar-refractivity contribution is 0.0583. The van der Waals surface area contributed by atoms with E-state index in [1.54, 1.807) is 16.2 Å². The Morgan fingerprint density at radius 3 is 2.35 bits per heavy atom. The molecule has 1 amide bonds. The summed E-state index contributed by atoms with van der Waals surface area (Å²) in [6.45, 7) is 12.3. The molecule has 1 rings (SSSR count). The summed E-state index contributed by atoms with van der Waals surface area (Å²) in [5, 5.41) is 3.05. The number of anilines is 1. The summed E-state index contributed by atoms with van der Waals surface area (Å²) in [6, 6.07) is 0. The summed E-state index contributed by atoms with van der Waals surface area (Å²) in [7, 11) is 0. The van der Waals surface area contributed by atoms with Gasteiger partial charge in [0.05, 0.1) is 0 Å². The Balaban J connectivity index is 2.93. The molecule has 0 spiro atoms. The quantitative estimate of drug-likeness (QED) is 0.795. The predicted molar refractivity (Wildman–Crippen MR) is 73.0 cm³/mol. The molecular formula is C13H21NO2S. The molecule has 1 aromatic heterocycles. The smallest absolute Gasteiger partial charge is 0.415 e. The fourth-order valence-corrected chi connectivity index (χ4v) is 2.56. The monoisotopic (exact) mass is 255 g/mol. The minimum Gasteiger partial charge on any atom is -0.443 e. The lowest BCUT2D eigenvalue weighted by Crippen LogP contribution is -2.36. The molecule has 96 valence electrons. The summed E-state index contributed by atoms with van der Waals surface area (Å²) in [5.41, 5.74) is 1.92. The molecule has 0 fully saturated rings. The van der Waals surface area contributed by atoms with E-state index in [1.165, 1.54) is 5.56 Å². The normalized spacial score (nSPS) is 11.4. The molecule has 0 saturated heterocycles. The maximum Gasteiger partial charge on any atom is 0.415 e. The number of aryl methyl sites for hydroxylation is 1. The molecule has 0 aliphatic carbocycles. The second-order valence-corrected chi connectivity index (χ2v) is 5.93. The minimum absolute atomic E-state index is 0.273. The molecule has 1 aromatic rings. The van der Waals surface area contributed by atoms with E-state index in [9.17, 15) is 4.79 Å². The number of ether oxygens (including phenoxy) is 1. The van der Waals surface area contributed by atoms with Crippen molar-refractivity contribution in [3.8, 4) is 0 Å². The Hall–Kier alpha value is -1.03. The van der Waals surface area contributed by atoms with Crippen LogP contribution < -0.4 is 4.90 Å². The van der Waals surface area contributed by atoms with Gasteiger partial charge in [0.2, 0.25) is 0 Å². The SMILES string of the molecule is CCN(C(=O)OC(C)(C)C)c1scc(C)c1C. The zero-order valence-electron chi connectivity index (χ0n) is 11.5. The highest BCUT2D eigenvalue weighted by molar-refractivity contribution is 7.14. The third-order valence-electron chi connectivity index (χ3n) is 2.43. The van der Waals surface area contributed by atoms with Gasteiger partial charge in [0.15, 0.2) is 0 Å². The van der Waals surface area contributed by atoms with Crippen molar-refractivity contribution in [1.29, 1.82) is 0 Å². The van der Waals surface area contributed by atoms with Crippen molar-refractivity contribution < 1.29 is 9.53 Å². The van der Waals surface area contributed by atoms with E-state index in [1.807, 2.05) is 34.6 Å². The molecule has 0 unspecified atom stereocenters. The van der Waals surface area contributed by atoms with E-state index in [-0.39, 0.29) is 6.09 Å². The highest BCUT2D eigenvalue weighted by atomic mass is 32.1. The van der Waals surface area contributed by atoms with Gasteiger partial charge in [-0.3, -0.25) is 4.90 Å². The Morgan fingerprint density at radius 2 is 2.00 bits per heavy atom. The summed E-state index contributed by atoms with van der Waals surface area (Å²) >= 11 is 1.59. The molecule has 3 nitrogen and oxygen atoms in total. The van der Waals surface area contributed by atoms with Crippen molar-refractivity contribution in [1.82, 2.24) is 0 Å². The van der Waals surface area contributed by atoms with Crippen LogP contribution in [0.4, 0.5) is 9.80 Å². The van der Waals surface area contributed by atoms with E-state index < -0.39 is 5.60 Å². The molecule has 0 radical (unpaired) electrons. The van der Waals surface area contributed by atoms with Crippen LogP contribution in [0.3, 0.4) is 0 Å². The summed E-state index contributed by atoms with van der Waals surface area (Å²) in [6.07, 6.45) is -0.273. The van der Waals surface area contributed by atoms with Crippen LogP contribution >= 0.6 is 11.3 Å². The molecule has 0 atom stereocenters. The van der Waals surface area contributed by atoms with Crippen LogP contribution in [-0.2, 0) is 4.74 Å². The van der Waals surface area contributed by atoms with Crippen molar-refractivity contribution in [3.05, 3.63) is 16.5 Å². The van der Waals surface area contributed by atoms with Gasteiger partial charge in [-0.25, -0.2) is 4.79 Å². The van der Waals surface area contributed by atoms with Crippen molar-refractivity contribution >= 4 is 22.4 Å². The summed E-state index contributed by atoms with van der Waals surface area (Å²) < 4.78 is 5.40. The molecule has 4 heteroatoms. The van der Waals surface area contributed by atoms with Gasteiger partial charge >= 0.3 is 6.09 Å². The van der Waals surface area contributed by atoms with Crippen molar-refractivity contribution in [2.75, 3.05) is 11.4 Å². The Kier molecular flexibility index (Phi) is 4.20. The molecule has 0 aromatic carbocycles. The van der Waals surface area contributed by atoms with Crippen LogP contribution in [0, 0.1) is 13.8 Å². The molecule has 0 bridgehead atoms. The Morgan fingerprint density at radius 1 is 1.41 bits per heavy atom. The van der Waals surface area contributed by atoms with Crippen LogP contribution in [0.25, 0.3) is 0 Å². The molecule has 0 aliphatic rings. The van der Waals surface area contributed by atoms with E-state index in [4.69, 9.17) is 4.74 Å². The first-order chi connectivity index (χ1) is 7.76. The van der Waals surface area contributed by atoms with Gasteiger partial charge in [0, 0.05) is 6.54 Å². The second kappa shape index (κ2) is 5.08. The third kappa shape index (κ3) is 3.46. The first kappa shape index (κ1) is 14.0. The lowest BCUT2D eigenvalue weighted by Gasteiger charge is -2.26. The highest BCUT2D eigenvalue weighted by Crippen LogP contribution is 2.31. The third-order valence-corrected chi connectivity index (χ3v) is 3.66. The van der Waals surface area contributed by atoms with E-state index in [2.05, 4.69) is 12.3 Å². The Bertz CT molecular complexity index is 404. The van der Waals surface area contributed by atoms with E-state index >= 15 is 0 Å². The molecule has 0 saturated carbocycles. The van der Waals surface area contributed by atoms with Gasteiger partial charge in [-0.2, -0.15) is 0 Å². The van der Waals surface area contributed by atoms with Crippen LogP contribution in [0.1, 0.15) is 38.8 Å². The van der Waals surface area contributed by atoms with E-state index in [0.717, 1.165) is 10.6 Å². The largest absolute Gasteiger partial charge is 0.443 e. The van der Waals surface area contributed by atoms with Gasteiger partial charge in [0.1, 0.15) is 10.6 Å². The van der Waals surface area contributed by atoms with Crippen LogP contribution in [0.2, 0.25) is 0 Å². The summed E-state index contributed by atoms with van der Waals surface area (Å²) in [5.74, 6) is 0. The maximum atomic E-state index is 12.1. The average molecular weight is 255 g/mol. The van der Waals surface area contributed by atoms with E-state index in [0.29, 0.717) is 6.54 Å². The fourth-order valence-electron chi connectivity index (χ4n) is 1.43. The predicted octanol–water partition coefficient (Wildman–Crippen LogP) is 4.13. The number of thiophene rings is 1. The number of carbonyl (C=O) groups is 1. The van der Waals surface area contributed by atoms with Crippen LogP contribution in [0.15, 0.2) is 5.38 Å². The standard InChI is InChI=1S/C13H21NO2S/c1-7-14(12(15)16-13(4,5)6)11-10(3)9(2)8-17-11/h8H,7H2,1-6H3. The zero-order valence-corrected chi connectivity index (χ0v) is 12.3. The first-order valence-corrected chi connectivity index (χ1v) is 6.69. The zero-order chi connectivity index (χ0) is 13.2. The van der Waals surface area contributed by atoms with Crippen molar-refractivity contribution in [2.24, 2.45) is 0 Å².